The molecule has 0 radical (unpaired) electrons. The Morgan fingerprint density at radius 1 is 0.353 bits per heavy atom. The summed E-state index contributed by atoms with van der Waals surface area (Å²) in [7, 11) is 0. The zero-order valence-electron chi connectivity index (χ0n) is 63.8. The number of carbonyl (C=O) groups excluding carboxylic acids is 1. The maximum atomic E-state index is 13.5. The van der Waals surface area contributed by atoms with E-state index in [1.165, 1.54) is 244 Å². The molecule has 12 N–H and O–H groups in total. The first-order chi connectivity index (χ1) is 49.8. The van der Waals surface area contributed by atoms with Gasteiger partial charge in [0.15, 0.2) is 18.9 Å². The first kappa shape index (κ1) is 93.7. The molecule has 1 amide bonds. The van der Waals surface area contributed by atoms with Gasteiger partial charge in [0.25, 0.3) is 0 Å². The Kier molecular flexibility index (Phi) is 58.3. The molecule has 19 nitrogen and oxygen atoms in total. The van der Waals surface area contributed by atoms with E-state index in [4.69, 9.17) is 28.4 Å². The van der Waals surface area contributed by atoms with Gasteiger partial charge in [-0.1, -0.05) is 312 Å². The van der Waals surface area contributed by atoms with E-state index in [0.717, 1.165) is 51.4 Å². The lowest BCUT2D eigenvalue weighted by atomic mass is 9.96. The SMILES string of the molecule is CCCCCCC/C=C\C/C=C\C/C=C\CCCCCCCCCCCCCCCCCCCCCCCCCCCCC(=O)NC(COC1OC(CO)C(OC2OC(CO)C(OC3OC(CO)C(O)C(O)C3O)C(O)C2O)C(O)C1O)C(O)/C=C/CC/C=C/CCCCCCCCCCCC. The van der Waals surface area contributed by atoms with Gasteiger partial charge in [0.05, 0.1) is 38.6 Å². The third-order valence-electron chi connectivity index (χ3n) is 20.5. The van der Waals surface area contributed by atoms with Gasteiger partial charge in [-0.05, 0) is 70.6 Å². The fourth-order valence-electron chi connectivity index (χ4n) is 13.9. The molecule has 0 saturated carbocycles. The molecule has 19 heteroatoms. The van der Waals surface area contributed by atoms with Gasteiger partial charge in [-0.15, -0.1) is 0 Å². The Labute approximate surface area is 617 Å². The molecule has 3 fully saturated rings. The molecule has 3 aliphatic heterocycles. The standard InChI is InChI=1S/C83H151NO18/c1-3-5-7-9-11-13-15-17-19-21-22-23-24-25-26-27-28-29-30-31-32-33-34-35-36-37-38-39-40-41-42-43-44-45-47-49-51-53-55-57-59-61-71(89)84-66(67(88)60-58-56-54-52-50-48-46-20-18-16-14-12-10-8-6-4-2)65-97-81-77(95)74(92)79(69(63-86)99-81)102-83-78(96)75(93)80(70(64-87)100-83)101-82-76(94)73(91)72(90)68(62-85)98-82/h15,17,21-22,24-25,50,52,58,60,66-70,72-83,85-88,90-96H,3-14,16,18-20,23,26-49,51,53-57,59,61-65H2,1-2H3,(H,84,89)/b17-15-,22-21-,25-24-,52-50+,60-58+. The lowest BCUT2D eigenvalue weighted by Gasteiger charge is -2.48. The number of hydrogen-bond donors (Lipinski definition) is 12. The average Bonchev–Trinajstić information content (AvgIpc) is 0.755. The quantitative estimate of drug-likeness (QED) is 0.0199. The normalized spacial score (nSPS) is 26.5. The molecule has 0 aliphatic carbocycles. The second-order valence-corrected chi connectivity index (χ2v) is 29.6. The molecule has 596 valence electrons. The van der Waals surface area contributed by atoms with E-state index in [9.17, 15) is 61.0 Å². The highest BCUT2D eigenvalue weighted by molar-refractivity contribution is 5.76. The molecule has 0 aromatic heterocycles. The van der Waals surface area contributed by atoms with E-state index in [0.29, 0.717) is 12.8 Å². The van der Waals surface area contributed by atoms with Crippen LogP contribution in [0.5, 0.6) is 0 Å². The van der Waals surface area contributed by atoms with Gasteiger partial charge in [-0.2, -0.15) is 0 Å². The maximum Gasteiger partial charge on any atom is 0.220 e. The van der Waals surface area contributed by atoms with Crippen LogP contribution in [0, 0.1) is 0 Å². The van der Waals surface area contributed by atoms with Gasteiger partial charge in [0, 0.05) is 6.42 Å². The third kappa shape index (κ3) is 42.9. The van der Waals surface area contributed by atoms with Crippen LogP contribution in [0.1, 0.15) is 328 Å². The minimum absolute atomic E-state index is 0.238. The molecule has 102 heavy (non-hydrogen) atoms. The average molecular weight is 1450 g/mol. The number of unbranched alkanes of at least 4 members (excludes halogenated alkanes) is 42. The lowest BCUT2D eigenvalue weighted by Crippen LogP contribution is -2.66. The Morgan fingerprint density at radius 3 is 1.05 bits per heavy atom. The summed E-state index contributed by atoms with van der Waals surface area (Å²) in [6.07, 6.45) is 55.3. The van der Waals surface area contributed by atoms with Crippen LogP contribution in [0.4, 0.5) is 0 Å². The molecule has 17 atom stereocenters. The third-order valence-corrected chi connectivity index (χ3v) is 20.5. The highest BCUT2D eigenvalue weighted by atomic mass is 16.8. The molecule has 3 aliphatic rings. The first-order valence-electron chi connectivity index (χ1n) is 41.5. The molecular formula is C83H151NO18. The second-order valence-electron chi connectivity index (χ2n) is 29.6. The number of nitrogens with one attached hydrogen (secondary N) is 1. The number of rotatable bonds is 66. The summed E-state index contributed by atoms with van der Waals surface area (Å²) in [6, 6.07) is -0.990. The fourth-order valence-corrected chi connectivity index (χ4v) is 13.9. The molecule has 3 heterocycles. The van der Waals surface area contributed by atoms with E-state index in [1.54, 1.807) is 6.08 Å². The van der Waals surface area contributed by atoms with E-state index < -0.39 is 124 Å². The van der Waals surface area contributed by atoms with Crippen LogP contribution in [0.3, 0.4) is 0 Å². The van der Waals surface area contributed by atoms with Crippen molar-refractivity contribution in [1.29, 1.82) is 0 Å². The zero-order chi connectivity index (χ0) is 73.9. The smallest absolute Gasteiger partial charge is 0.220 e. The highest BCUT2D eigenvalue weighted by Gasteiger charge is 2.54. The summed E-state index contributed by atoms with van der Waals surface area (Å²) >= 11 is 0. The van der Waals surface area contributed by atoms with Crippen LogP contribution in [0.25, 0.3) is 0 Å². The summed E-state index contributed by atoms with van der Waals surface area (Å²) in [5.41, 5.74) is 0. The summed E-state index contributed by atoms with van der Waals surface area (Å²) in [4.78, 5) is 13.5. The summed E-state index contributed by atoms with van der Waals surface area (Å²) in [6.45, 7) is 1.73. The van der Waals surface area contributed by atoms with Crippen LogP contribution >= 0.6 is 0 Å². The summed E-state index contributed by atoms with van der Waals surface area (Å²) < 4.78 is 34.4. The Hall–Kier alpha value is -2.51. The number of amides is 1. The molecular weight excluding hydrogens is 1300 g/mol. The van der Waals surface area contributed by atoms with Crippen LogP contribution < -0.4 is 5.32 Å². The minimum atomic E-state index is -1.98. The zero-order valence-corrected chi connectivity index (χ0v) is 63.8. The molecule has 3 rings (SSSR count). The van der Waals surface area contributed by atoms with E-state index in [1.807, 2.05) is 6.08 Å². The fraction of sp³-hybridized carbons (Fsp3) is 0.867. The molecule has 0 aromatic carbocycles. The van der Waals surface area contributed by atoms with Crippen molar-refractivity contribution in [1.82, 2.24) is 5.32 Å². The number of aliphatic hydroxyl groups excluding tert-OH is 11. The van der Waals surface area contributed by atoms with Crippen molar-refractivity contribution >= 4 is 5.91 Å². The molecule has 3 saturated heterocycles. The van der Waals surface area contributed by atoms with Gasteiger partial charge in [0.1, 0.15) is 73.2 Å². The Balaban J connectivity index is 1.28. The maximum absolute atomic E-state index is 13.5. The van der Waals surface area contributed by atoms with Gasteiger partial charge in [0.2, 0.25) is 5.91 Å². The number of aliphatic hydroxyl groups is 11. The van der Waals surface area contributed by atoms with Gasteiger partial charge >= 0.3 is 0 Å². The van der Waals surface area contributed by atoms with E-state index in [-0.39, 0.29) is 18.9 Å². The summed E-state index contributed by atoms with van der Waals surface area (Å²) in [5, 5.41) is 121. The monoisotopic (exact) mass is 1450 g/mol. The Bertz CT molecular complexity index is 2080. The van der Waals surface area contributed by atoms with Crippen molar-refractivity contribution in [2.75, 3.05) is 26.4 Å². The number of carbonyl (C=O) groups is 1. The van der Waals surface area contributed by atoms with Crippen molar-refractivity contribution < 1.29 is 89.4 Å². The highest BCUT2D eigenvalue weighted by Crippen LogP contribution is 2.33. The molecule has 17 unspecified atom stereocenters. The van der Waals surface area contributed by atoms with Crippen LogP contribution in [0.15, 0.2) is 60.8 Å². The van der Waals surface area contributed by atoms with E-state index in [2.05, 4.69) is 67.8 Å². The van der Waals surface area contributed by atoms with Crippen LogP contribution in [-0.4, -0.2) is 193 Å². The van der Waals surface area contributed by atoms with Gasteiger partial charge in [-0.25, -0.2) is 0 Å². The second kappa shape index (κ2) is 63.4. The molecule has 0 aromatic rings. The van der Waals surface area contributed by atoms with Crippen molar-refractivity contribution in [2.45, 2.75) is 433 Å². The van der Waals surface area contributed by atoms with Crippen molar-refractivity contribution in [3.05, 3.63) is 60.8 Å². The van der Waals surface area contributed by atoms with Gasteiger partial charge < -0.3 is 89.9 Å². The Morgan fingerprint density at radius 2 is 0.657 bits per heavy atom. The lowest BCUT2D eigenvalue weighted by molar-refractivity contribution is -0.379. The van der Waals surface area contributed by atoms with Crippen molar-refractivity contribution in [2.24, 2.45) is 0 Å². The van der Waals surface area contributed by atoms with Crippen LogP contribution in [0.2, 0.25) is 0 Å². The van der Waals surface area contributed by atoms with Crippen molar-refractivity contribution in [3.8, 4) is 0 Å². The molecule has 0 spiro atoms. The number of hydrogen-bond acceptors (Lipinski definition) is 18. The first-order valence-corrected chi connectivity index (χ1v) is 41.5. The predicted octanol–water partition coefficient (Wildman–Crippen LogP) is 14.2. The van der Waals surface area contributed by atoms with Crippen molar-refractivity contribution in [3.63, 3.8) is 0 Å². The topological polar surface area (TPSA) is 307 Å². The summed E-state index contributed by atoms with van der Waals surface area (Å²) in [5.74, 6) is -0.281. The predicted molar refractivity (Wildman–Crippen MR) is 406 cm³/mol. The molecule has 0 bridgehead atoms. The minimum Gasteiger partial charge on any atom is -0.394 e. The number of ether oxygens (including phenoxy) is 6. The van der Waals surface area contributed by atoms with Crippen LogP contribution in [-0.2, 0) is 33.2 Å². The largest absolute Gasteiger partial charge is 0.394 e. The van der Waals surface area contributed by atoms with Gasteiger partial charge in [-0.3, -0.25) is 4.79 Å². The van der Waals surface area contributed by atoms with E-state index >= 15 is 0 Å². The number of allylic oxidation sites excluding steroid dienone is 9.